The summed E-state index contributed by atoms with van der Waals surface area (Å²) in [6.45, 7) is 1.04. The van der Waals surface area contributed by atoms with Crippen molar-refractivity contribution in [3.05, 3.63) is 36.2 Å². The largest absolute Gasteiger partial charge is 0.419 e. The number of rotatable bonds is 2. The molecule has 1 aliphatic heterocycles. The quantitative estimate of drug-likeness (QED) is 0.834. The van der Waals surface area contributed by atoms with Crippen molar-refractivity contribution in [2.75, 3.05) is 6.54 Å². The lowest BCUT2D eigenvalue weighted by Crippen LogP contribution is -2.12. The third-order valence-corrected chi connectivity index (χ3v) is 2.82. The molecule has 1 aromatic heterocycles. The van der Waals surface area contributed by atoms with Gasteiger partial charge in [-0.15, -0.1) is 10.2 Å². The number of hydrogen-bond donors (Lipinski definition) is 1. The SMILES string of the molecule is c1ccc(-c2nnc(C3CCCN3)o2)cc1. The maximum absolute atomic E-state index is 5.67. The van der Waals surface area contributed by atoms with E-state index in [1.165, 1.54) is 6.42 Å². The van der Waals surface area contributed by atoms with Gasteiger partial charge in [0, 0.05) is 5.56 Å². The van der Waals surface area contributed by atoms with E-state index in [9.17, 15) is 0 Å². The molecule has 0 radical (unpaired) electrons. The molecule has 0 saturated carbocycles. The number of hydrogen-bond acceptors (Lipinski definition) is 4. The maximum Gasteiger partial charge on any atom is 0.247 e. The zero-order valence-corrected chi connectivity index (χ0v) is 8.89. The topological polar surface area (TPSA) is 51.0 Å². The molecule has 3 rings (SSSR count). The Morgan fingerprint density at radius 2 is 2.06 bits per heavy atom. The summed E-state index contributed by atoms with van der Waals surface area (Å²) in [7, 11) is 0. The fourth-order valence-electron chi connectivity index (χ4n) is 1.97. The van der Waals surface area contributed by atoms with Crippen molar-refractivity contribution >= 4 is 0 Å². The molecule has 16 heavy (non-hydrogen) atoms. The van der Waals surface area contributed by atoms with Gasteiger partial charge in [-0.05, 0) is 31.5 Å². The number of nitrogens with zero attached hydrogens (tertiary/aromatic N) is 2. The minimum atomic E-state index is 0.241. The summed E-state index contributed by atoms with van der Waals surface area (Å²) in [5.74, 6) is 1.31. The van der Waals surface area contributed by atoms with E-state index in [2.05, 4.69) is 15.5 Å². The third-order valence-electron chi connectivity index (χ3n) is 2.82. The first kappa shape index (κ1) is 9.54. The van der Waals surface area contributed by atoms with Gasteiger partial charge in [-0.2, -0.15) is 0 Å². The van der Waals surface area contributed by atoms with E-state index in [1.54, 1.807) is 0 Å². The van der Waals surface area contributed by atoms with E-state index in [-0.39, 0.29) is 6.04 Å². The van der Waals surface area contributed by atoms with Gasteiger partial charge in [0.15, 0.2) is 0 Å². The second-order valence-corrected chi connectivity index (χ2v) is 3.96. The van der Waals surface area contributed by atoms with Gasteiger partial charge in [-0.25, -0.2) is 0 Å². The van der Waals surface area contributed by atoms with E-state index in [4.69, 9.17) is 4.42 Å². The summed E-state index contributed by atoms with van der Waals surface area (Å²) in [5, 5.41) is 11.5. The lowest BCUT2D eigenvalue weighted by molar-refractivity contribution is 0.437. The molecule has 4 heteroatoms. The summed E-state index contributed by atoms with van der Waals surface area (Å²) in [6.07, 6.45) is 2.25. The molecule has 0 spiro atoms. The van der Waals surface area contributed by atoms with Crippen molar-refractivity contribution in [3.8, 4) is 11.5 Å². The predicted octanol–water partition coefficient (Wildman–Crippen LogP) is 2.16. The summed E-state index contributed by atoms with van der Waals surface area (Å²) in [5.41, 5.74) is 0.972. The first-order valence-electron chi connectivity index (χ1n) is 5.56. The summed E-state index contributed by atoms with van der Waals surface area (Å²) < 4.78 is 5.67. The van der Waals surface area contributed by atoms with Gasteiger partial charge in [-0.1, -0.05) is 18.2 Å². The molecule has 1 atom stereocenters. The average Bonchev–Trinajstić information content (AvgIpc) is 3.01. The molecule has 0 bridgehead atoms. The van der Waals surface area contributed by atoms with Crippen LogP contribution in [0.15, 0.2) is 34.7 Å². The highest BCUT2D eigenvalue weighted by Crippen LogP contribution is 2.25. The molecular formula is C12H13N3O. The van der Waals surface area contributed by atoms with E-state index in [0.717, 1.165) is 18.5 Å². The highest BCUT2D eigenvalue weighted by atomic mass is 16.4. The fraction of sp³-hybridized carbons (Fsp3) is 0.333. The van der Waals surface area contributed by atoms with E-state index in [0.29, 0.717) is 11.8 Å². The number of benzene rings is 1. The van der Waals surface area contributed by atoms with E-state index < -0.39 is 0 Å². The molecule has 1 N–H and O–H groups in total. The lowest BCUT2D eigenvalue weighted by atomic mass is 10.2. The molecule has 0 aliphatic carbocycles. The number of aromatic nitrogens is 2. The van der Waals surface area contributed by atoms with Gasteiger partial charge in [0.2, 0.25) is 11.8 Å². The summed E-state index contributed by atoms with van der Waals surface area (Å²) in [6, 6.07) is 10.1. The van der Waals surface area contributed by atoms with E-state index in [1.807, 2.05) is 30.3 Å². The highest BCUT2D eigenvalue weighted by molar-refractivity contribution is 5.51. The third kappa shape index (κ3) is 1.72. The van der Waals surface area contributed by atoms with Crippen LogP contribution < -0.4 is 5.32 Å². The molecular weight excluding hydrogens is 202 g/mol. The molecule has 1 unspecified atom stereocenters. The Bertz CT molecular complexity index is 460. The van der Waals surface area contributed by atoms with Crippen LogP contribution in [-0.2, 0) is 0 Å². The Balaban J connectivity index is 1.87. The van der Waals surface area contributed by atoms with Crippen molar-refractivity contribution in [2.45, 2.75) is 18.9 Å². The van der Waals surface area contributed by atoms with Crippen molar-refractivity contribution in [1.82, 2.24) is 15.5 Å². The smallest absolute Gasteiger partial charge is 0.247 e. The minimum absolute atomic E-state index is 0.241. The van der Waals surface area contributed by atoms with Crippen LogP contribution in [0.2, 0.25) is 0 Å². The molecule has 82 valence electrons. The van der Waals surface area contributed by atoms with Crippen LogP contribution in [0.4, 0.5) is 0 Å². The average molecular weight is 215 g/mol. The molecule has 2 aromatic rings. The van der Waals surface area contributed by atoms with Crippen LogP contribution in [0.25, 0.3) is 11.5 Å². The van der Waals surface area contributed by atoms with Crippen molar-refractivity contribution in [1.29, 1.82) is 0 Å². The lowest BCUT2D eigenvalue weighted by Gasteiger charge is -2.02. The molecule has 4 nitrogen and oxygen atoms in total. The standard InChI is InChI=1S/C12H13N3O/c1-2-5-9(6-3-1)11-14-15-12(16-11)10-7-4-8-13-10/h1-3,5-6,10,13H,4,7-8H2. The first-order valence-corrected chi connectivity index (χ1v) is 5.56. The number of nitrogens with one attached hydrogen (secondary N) is 1. The van der Waals surface area contributed by atoms with Crippen LogP contribution in [0.5, 0.6) is 0 Å². The van der Waals surface area contributed by atoms with Gasteiger partial charge >= 0.3 is 0 Å². The van der Waals surface area contributed by atoms with Crippen molar-refractivity contribution < 1.29 is 4.42 Å². The monoisotopic (exact) mass is 215 g/mol. The second kappa shape index (κ2) is 4.06. The van der Waals surface area contributed by atoms with Gasteiger partial charge in [0.25, 0.3) is 0 Å². The second-order valence-electron chi connectivity index (χ2n) is 3.96. The highest BCUT2D eigenvalue weighted by Gasteiger charge is 2.22. The zero-order chi connectivity index (χ0) is 10.8. The van der Waals surface area contributed by atoms with Gasteiger partial charge in [0.1, 0.15) is 0 Å². The van der Waals surface area contributed by atoms with E-state index >= 15 is 0 Å². The van der Waals surface area contributed by atoms with Gasteiger partial charge in [0.05, 0.1) is 6.04 Å². The first-order chi connectivity index (χ1) is 7.93. The molecule has 1 saturated heterocycles. The van der Waals surface area contributed by atoms with Crippen molar-refractivity contribution in [3.63, 3.8) is 0 Å². The summed E-state index contributed by atoms with van der Waals surface area (Å²) >= 11 is 0. The van der Waals surface area contributed by atoms with Crippen LogP contribution in [-0.4, -0.2) is 16.7 Å². The predicted molar refractivity (Wildman–Crippen MR) is 59.7 cm³/mol. The molecule has 0 amide bonds. The molecule has 1 aliphatic rings. The zero-order valence-electron chi connectivity index (χ0n) is 8.89. The molecule has 1 aromatic carbocycles. The van der Waals surface area contributed by atoms with Gasteiger partial charge < -0.3 is 9.73 Å². The summed E-state index contributed by atoms with van der Waals surface area (Å²) in [4.78, 5) is 0. The Kier molecular flexibility index (Phi) is 2.42. The minimum Gasteiger partial charge on any atom is -0.419 e. The van der Waals surface area contributed by atoms with Crippen LogP contribution in [0, 0.1) is 0 Å². The van der Waals surface area contributed by atoms with Crippen LogP contribution >= 0.6 is 0 Å². The normalized spacial score (nSPS) is 20.1. The Hall–Kier alpha value is -1.68. The Labute approximate surface area is 93.7 Å². The fourth-order valence-corrected chi connectivity index (χ4v) is 1.97. The van der Waals surface area contributed by atoms with Crippen LogP contribution in [0.3, 0.4) is 0 Å². The molecule has 1 fully saturated rings. The van der Waals surface area contributed by atoms with Gasteiger partial charge in [-0.3, -0.25) is 0 Å². The Morgan fingerprint density at radius 1 is 1.19 bits per heavy atom. The molecule has 2 heterocycles. The Morgan fingerprint density at radius 3 is 2.81 bits per heavy atom. The van der Waals surface area contributed by atoms with Crippen LogP contribution in [0.1, 0.15) is 24.8 Å². The maximum atomic E-state index is 5.67. The van der Waals surface area contributed by atoms with Crippen molar-refractivity contribution in [2.24, 2.45) is 0 Å².